The molecule has 0 radical (unpaired) electrons. The summed E-state index contributed by atoms with van der Waals surface area (Å²) in [7, 11) is 0. The van der Waals surface area contributed by atoms with Gasteiger partial charge >= 0.3 is 6.03 Å². The Morgan fingerprint density at radius 3 is 2.87 bits per heavy atom. The largest absolute Gasteiger partial charge is 0.350 e. The molecule has 0 saturated carbocycles. The Balaban J connectivity index is 0.00000192. The van der Waals surface area contributed by atoms with Gasteiger partial charge in [0.1, 0.15) is 5.82 Å². The van der Waals surface area contributed by atoms with E-state index >= 15 is 0 Å². The highest BCUT2D eigenvalue weighted by molar-refractivity contribution is 5.98. The molecule has 2 fully saturated rings. The molecule has 2 saturated heterocycles. The van der Waals surface area contributed by atoms with E-state index in [2.05, 4.69) is 16.0 Å². The van der Waals surface area contributed by atoms with Gasteiger partial charge in [-0.15, -0.1) is 12.4 Å². The summed E-state index contributed by atoms with van der Waals surface area (Å²) < 4.78 is 13.9. The van der Waals surface area contributed by atoms with Crippen molar-refractivity contribution < 1.29 is 14.0 Å². The van der Waals surface area contributed by atoms with Gasteiger partial charge in [-0.1, -0.05) is 0 Å². The zero-order valence-electron chi connectivity index (χ0n) is 12.6. The van der Waals surface area contributed by atoms with E-state index in [1.54, 1.807) is 0 Å². The number of carbonyl (C=O) groups excluding carboxylic acids is 2. The monoisotopic (exact) mass is 342 g/mol. The maximum absolute atomic E-state index is 13.9. The summed E-state index contributed by atoms with van der Waals surface area (Å²) >= 11 is 0. The maximum atomic E-state index is 13.9. The summed E-state index contributed by atoms with van der Waals surface area (Å²) in [4.78, 5) is 25.3. The fourth-order valence-electron chi connectivity index (χ4n) is 2.82. The van der Waals surface area contributed by atoms with E-state index in [4.69, 9.17) is 0 Å². The van der Waals surface area contributed by atoms with Gasteiger partial charge < -0.3 is 16.0 Å². The molecule has 1 atom stereocenters. The van der Waals surface area contributed by atoms with E-state index in [0.29, 0.717) is 25.3 Å². The van der Waals surface area contributed by atoms with Gasteiger partial charge in [0.15, 0.2) is 0 Å². The van der Waals surface area contributed by atoms with Crippen molar-refractivity contribution in [2.45, 2.75) is 18.9 Å². The van der Waals surface area contributed by atoms with Gasteiger partial charge in [0.05, 0.1) is 5.56 Å². The average Bonchev–Trinajstić information content (AvgIpc) is 3.17. The zero-order valence-corrected chi connectivity index (χ0v) is 13.4. The summed E-state index contributed by atoms with van der Waals surface area (Å²) in [5, 5.41) is 8.70. The number of hydrogen-bond donors (Lipinski definition) is 3. The minimum absolute atomic E-state index is 0. The molecule has 2 aliphatic heterocycles. The third-order valence-electron chi connectivity index (χ3n) is 4.03. The number of urea groups is 1. The van der Waals surface area contributed by atoms with Crippen LogP contribution in [0.5, 0.6) is 0 Å². The zero-order chi connectivity index (χ0) is 15.5. The van der Waals surface area contributed by atoms with E-state index in [1.807, 2.05) is 0 Å². The minimum Gasteiger partial charge on any atom is -0.350 e. The number of nitrogens with zero attached hydrogens (tertiary/aromatic N) is 1. The second-order valence-corrected chi connectivity index (χ2v) is 5.55. The van der Waals surface area contributed by atoms with Crippen molar-refractivity contribution in [2.75, 3.05) is 31.1 Å². The van der Waals surface area contributed by atoms with Crippen LogP contribution >= 0.6 is 12.4 Å². The molecule has 3 amide bonds. The second-order valence-electron chi connectivity index (χ2n) is 5.55. The number of nitrogens with one attached hydrogen (secondary N) is 3. The lowest BCUT2D eigenvalue weighted by atomic mass is 10.1. The van der Waals surface area contributed by atoms with Crippen LogP contribution < -0.4 is 20.9 Å². The molecule has 0 aliphatic carbocycles. The van der Waals surface area contributed by atoms with Crippen LogP contribution in [0.3, 0.4) is 0 Å². The number of hydrogen-bond acceptors (Lipinski definition) is 3. The van der Waals surface area contributed by atoms with Gasteiger partial charge in [-0.05, 0) is 37.6 Å². The normalized spacial score (nSPS) is 20.1. The van der Waals surface area contributed by atoms with Crippen LogP contribution in [0.1, 0.15) is 23.2 Å². The number of halogens is 2. The Hall–Kier alpha value is -1.86. The standard InChI is InChI=1S/C15H19FN4O2.ClH/c16-13-4-3-11(20-7-6-18-15(20)22)8-12(13)14(21)19-9-10-2-1-5-17-10;/h3-4,8,10,17H,1-2,5-7,9H2,(H,18,22)(H,19,21);1H. The lowest BCUT2D eigenvalue weighted by Crippen LogP contribution is -2.37. The average molecular weight is 343 g/mol. The van der Waals surface area contributed by atoms with Crippen molar-refractivity contribution in [3.63, 3.8) is 0 Å². The highest BCUT2D eigenvalue weighted by Gasteiger charge is 2.23. The van der Waals surface area contributed by atoms with Crippen LogP contribution in [0, 0.1) is 5.82 Å². The topological polar surface area (TPSA) is 73.5 Å². The molecule has 1 aromatic rings. The van der Waals surface area contributed by atoms with Gasteiger partial charge in [0.2, 0.25) is 0 Å². The third-order valence-corrected chi connectivity index (χ3v) is 4.03. The van der Waals surface area contributed by atoms with Gasteiger partial charge in [-0.2, -0.15) is 0 Å². The van der Waals surface area contributed by atoms with Crippen LogP contribution in [-0.2, 0) is 0 Å². The molecule has 126 valence electrons. The first-order chi connectivity index (χ1) is 10.6. The molecular formula is C15H20ClFN4O2. The summed E-state index contributed by atoms with van der Waals surface area (Å²) in [5.74, 6) is -1.03. The molecule has 0 aromatic heterocycles. The smallest absolute Gasteiger partial charge is 0.321 e. The van der Waals surface area contributed by atoms with Crippen LogP contribution in [0.4, 0.5) is 14.9 Å². The molecular weight excluding hydrogens is 323 g/mol. The van der Waals surface area contributed by atoms with Gasteiger partial charge in [0, 0.05) is 31.4 Å². The number of benzene rings is 1. The molecule has 3 rings (SSSR count). The lowest BCUT2D eigenvalue weighted by Gasteiger charge is -2.16. The van der Waals surface area contributed by atoms with Crippen LogP contribution in [0.15, 0.2) is 18.2 Å². The predicted octanol–water partition coefficient (Wildman–Crippen LogP) is 1.26. The molecule has 6 nitrogen and oxygen atoms in total. The number of anilines is 1. The SMILES string of the molecule is Cl.O=C(NCC1CCCN1)c1cc(N2CCNC2=O)ccc1F. The minimum atomic E-state index is -0.583. The molecule has 1 aromatic carbocycles. The number of rotatable bonds is 4. The van der Waals surface area contributed by atoms with Crippen molar-refractivity contribution in [1.82, 2.24) is 16.0 Å². The van der Waals surface area contributed by atoms with Crippen molar-refractivity contribution in [2.24, 2.45) is 0 Å². The number of amides is 3. The molecule has 0 spiro atoms. The van der Waals surface area contributed by atoms with Crippen molar-refractivity contribution >= 4 is 30.0 Å². The third kappa shape index (κ3) is 3.92. The van der Waals surface area contributed by atoms with Gasteiger partial charge in [-0.3, -0.25) is 9.69 Å². The maximum Gasteiger partial charge on any atom is 0.321 e. The summed E-state index contributed by atoms with van der Waals surface area (Å²) in [6, 6.07) is 4.18. The van der Waals surface area contributed by atoms with Crippen LogP contribution in [0.25, 0.3) is 0 Å². The summed E-state index contributed by atoms with van der Waals surface area (Å²) in [6.07, 6.45) is 2.10. The first-order valence-corrected chi connectivity index (χ1v) is 7.51. The lowest BCUT2D eigenvalue weighted by molar-refractivity contribution is 0.0946. The van der Waals surface area contributed by atoms with Crippen molar-refractivity contribution in [3.8, 4) is 0 Å². The first kappa shape index (κ1) is 17.5. The van der Waals surface area contributed by atoms with E-state index in [-0.39, 0.29) is 30.0 Å². The Labute approximate surface area is 140 Å². The Bertz CT molecular complexity index is 593. The molecule has 23 heavy (non-hydrogen) atoms. The number of carbonyl (C=O) groups is 2. The van der Waals surface area contributed by atoms with Crippen molar-refractivity contribution in [1.29, 1.82) is 0 Å². The van der Waals surface area contributed by atoms with Crippen LogP contribution in [-0.4, -0.2) is 44.2 Å². The molecule has 2 heterocycles. The summed E-state index contributed by atoms with van der Waals surface area (Å²) in [6.45, 7) is 2.49. The highest BCUT2D eigenvalue weighted by atomic mass is 35.5. The molecule has 8 heteroatoms. The molecule has 3 N–H and O–H groups in total. The Morgan fingerprint density at radius 2 is 2.22 bits per heavy atom. The van der Waals surface area contributed by atoms with Gasteiger partial charge in [0.25, 0.3) is 5.91 Å². The Kier molecular flexibility index (Phi) is 5.79. The fourth-order valence-corrected chi connectivity index (χ4v) is 2.82. The first-order valence-electron chi connectivity index (χ1n) is 7.51. The molecule has 0 bridgehead atoms. The van der Waals surface area contributed by atoms with E-state index in [1.165, 1.54) is 23.1 Å². The quantitative estimate of drug-likeness (QED) is 0.771. The van der Waals surface area contributed by atoms with Gasteiger partial charge in [-0.25, -0.2) is 9.18 Å². The van der Waals surface area contributed by atoms with Crippen LogP contribution in [0.2, 0.25) is 0 Å². The highest BCUT2D eigenvalue weighted by Crippen LogP contribution is 2.20. The van der Waals surface area contributed by atoms with E-state index in [0.717, 1.165) is 19.4 Å². The van der Waals surface area contributed by atoms with E-state index in [9.17, 15) is 14.0 Å². The Morgan fingerprint density at radius 1 is 1.39 bits per heavy atom. The summed E-state index contributed by atoms with van der Waals surface area (Å²) in [5.41, 5.74) is 0.496. The second kappa shape index (κ2) is 7.61. The van der Waals surface area contributed by atoms with E-state index < -0.39 is 11.7 Å². The van der Waals surface area contributed by atoms with Crippen molar-refractivity contribution in [3.05, 3.63) is 29.6 Å². The predicted molar refractivity (Wildman–Crippen MR) is 87.8 cm³/mol. The molecule has 2 aliphatic rings. The molecule has 1 unspecified atom stereocenters. The fraction of sp³-hybridized carbons (Fsp3) is 0.467.